The van der Waals surface area contributed by atoms with E-state index in [1.165, 1.54) is 12.1 Å². The zero-order valence-corrected chi connectivity index (χ0v) is 15.6. The third-order valence-corrected chi connectivity index (χ3v) is 5.56. The Kier molecular flexibility index (Phi) is 4.99. The summed E-state index contributed by atoms with van der Waals surface area (Å²) in [6.07, 6.45) is -2.17. The Morgan fingerprint density at radius 1 is 1.07 bits per heavy atom. The Hall–Kier alpha value is -2.41. The van der Waals surface area contributed by atoms with Crippen LogP contribution in [-0.4, -0.2) is 26.6 Å². The first-order valence-electron chi connectivity index (χ1n) is 8.29. The molecule has 1 heterocycles. The fraction of sp³-hybridized carbons (Fsp3) is 0.250. The van der Waals surface area contributed by atoms with E-state index in [0.717, 1.165) is 23.5 Å². The molecule has 27 heavy (non-hydrogen) atoms. The number of halogens is 3. The Labute approximate surface area is 156 Å². The summed E-state index contributed by atoms with van der Waals surface area (Å²) in [7, 11) is -3.34. The second kappa shape index (κ2) is 6.96. The van der Waals surface area contributed by atoms with Crippen molar-refractivity contribution in [3.8, 4) is 0 Å². The lowest BCUT2D eigenvalue weighted by atomic mass is 9.85. The van der Waals surface area contributed by atoms with Crippen LogP contribution in [0.4, 0.5) is 13.2 Å². The smallest absolute Gasteiger partial charge is 0.247 e. The number of sulfone groups is 1. The summed E-state index contributed by atoms with van der Waals surface area (Å²) < 4.78 is 62.8. The number of alkyl halides is 3. The van der Waals surface area contributed by atoms with Crippen LogP contribution in [0.5, 0.6) is 0 Å². The highest BCUT2D eigenvalue weighted by Crippen LogP contribution is 2.36. The van der Waals surface area contributed by atoms with E-state index >= 15 is 0 Å². The quantitative estimate of drug-likeness (QED) is 0.750. The van der Waals surface area contributed by atoms with E-state index in [9.17, 15) is 21.6 Å². The lowest BCUT2D eigenvalue weighted by Crippen LogP contribution is -2.22. The van der Waals surface area contributed by atoms with Crippen molar-refractivity contribution in [1.29, 1.82) is 0 Å². The summed E-state index contributed by atoms with van der Waals surface area (Å²) in [6.45, 7) is 1.86. The first-order chi connectivity index (χ1) is 12.6. The van der Waals surface area contributed by atoms with Crippen LogP contribution >= 0.6 is 0 Å². The van der Waals surface area contributed by atoms with Crippen molar-refractivity contribution in [2.75, 3.05) is 6.26 Å². The lowest BCUT2D eigenvalue weighted by molar-refractivity contribution is -0.0928. The Balaban J connectivity index is 2.07. The van der Waals surface area contributed by atoms with Gasteiger partial charge in [-0.1, -0.05) is 48.0 Å². The van der Waals surface area contributed by atoms with Gasteiger partial charge in [0.15, 0.2) is 9.84 Å². The fourth-order valence-corrected chi connectivity index (χ4v) is 3.72. The molecule has 0 fully saturated rings. The van der Waals surface area contributed by atoms with Crippen molar-refractivity contribution in [3.05, 3.63) is 77.0 Å². The molecule has 1 aliphatic rings. The SMILES string of the molecule is Cc1cccc(C2=NC(C(F)(F)F)=CCC2c2ccc(S(C)(=O)=O)cc2)c1. The Morgan fingerprint density at radius 2 is 1.74 bits per heavy atom. The molecule has 0 spiro atoms. The third kappa shape index (κ3) is 4.30. The average molecular weight is 393 g/mol. The van der Waals surface area contributed by atoms with Gasteiger partial charge in [0.2, 0.25) is 0 Å². The molecular weight excluding hydrogens is 375 g/mol. The van der Waals surface area contributed by atoms with E-state index in [4.69, 9.17) is 0 Å². The van der Waals surface area contributed by atoms with Gasteiger partial charge >= 0.3 is 6.18 Å². The zero-order valence-electron chi connectivity index (χ0n) is 14.8. The second-order valence-corrected chi connectivity index (χ2v) is 8.60. The molecule has 142 valence electrons. The zero-order chi connectivity index (χ0) is 19.8. The third-order valence-electron chi connectivity index (χ3n) is 4.43. The van der Waals surface area contributed by atoms with Crippen LogP contribution in [-0.2, 0) is 9.84 Å². The average Bonchev–Trinajstić information content (AvgIpc) is 2.60. The second-order valence-electron chi connectivity index (χ2n) is 6.58. The molecule has 0 aromatic heterocycles. The molecule has 0 saturated heterocycles. The van der Waals surface area contributed by atoms with Crippen LogP contribution in [0.2, 0.25) is 0 Å². The van der Waals surface area contributed by atoms with Gasteiger partial charge in [-0.3, -0.25) is 0 Å². The van der Waals surface area contributed by atoms with Crippen molar-refractivity contribution >= 4 is 15.5 Å². The van der Waals surface area contributed by atoms with Crippen molar-refractivity contribution in [1.82, 2.24) is 0 Å². The monoisotopic (exact) mass is 393 g/mol. The summed E-state index contributed by atoms with van der Waals surface area (Å²) in [5.41, 5.74) is 1.70. The van der Waals surface area contributed by atoms with Crippen molar-refractivity contribution in [2.45, 2.75) is 30.3 Å². The summed E-state index contributed by atoms with van der Waals surface area (Å²) in [4.78, 5) is 4.10. The van der Waals surface area contributed by atoms with Gasteiger partial charge in [0.1, 0.15) is 5.70 Å². The van der Waals surface area contributed by atoms with Gasteiger partial charge in [-0.05, 0) is 36.6 Å². The van der Waals surface area contributed by atoms with Gasteiger partial charge in [0, 0.05) is 12.2 Å². The minimum absolute atomic E-state index is 0.139. The van der Waals surface area contributed by atoms with E-state index in [1.54, 1.807) is 30.3 Å². The molecule has 0 aliphatic carbocycles. The van der Waals surface area contributed by atoms with E-state index in [1.807, 2.05) is 13.0 Å². The molecule has 3 nitrogen and oxygen atoms in total. The van der Waals surface area contributed by atoms with Crippen molar-refractivity contribution in [2.24, 2.45) is 4.99 Å². The highest BCUT2D eigenvalue weighted by Gasteiger charge is 2.37. The van der Waals surface area contributed by atoms with Crippen LogP contribution in [0.1, 0.15) is 29.0 Å². The van der Waals surface area contributed by atoms with Crippen LogP contribution in [0.15, 0.2) is 70.2 Å². The summed E-state index contributed by atoms with van der Waals surface area (Å²) in [5.74, 6) is -0.383. The predicted molar refractivity (Wildman–Crippen MR) is 98.8 cm³/mol. The van der Waals surface area contributed by atoms with E-state index in [-0.39, 0.29) is 17.2 Å². The largest absolute Gasteiger partial charge is 0.433 e. The summed E-state index contributed by atoms with van der Waals surface area (Å²) >= 11 is 0. The number of rotatable bonds is 3. The number of nitrogens with zero attached hydrogens (tertiary/aromatic N) is 1. The topological polar surface area (TPSA) is 46.5 Å². The molecule has 1 aliphatic heterocycles. The van der Waals surface area contributed by atoms with Gasteiger partial charge in [0.25, 0.3) is 0 Å². The minimum atomic E-state index is -4.51. The molecule has 2 aromatic carbocycles. The maximum Gasteiger partial charge on any atom is 0.433 e. The lowest BCUT2D eigenvalue weighted by Gasteiger charge is -2.24. The summed E-state index contributed by atoms with van der Waals surface area (Å²) in [6, 6.07) is 13.4. The number of aryl methyl sites for hydroxylation is 1. The van der Waals surface area contributed by atoms with Crippen LogP contribution in [0, 0.1) is 6.92 Å². The molecule has 2 aromatic rings. The molecule has 0 bridgehead atoms. The first kappa shape index (κ1) is 19.4. The van der Waals surface area contributed by atoms with Crippen LogP contribution < -0.4 is 0 Å². The molecule has 0 radical (unpaired) electrons. The number of hydrogen-bond donors (Lipinski definition) is 0. The maximum absolute atomic E-state index is 13.2. The van der Waals surface area contributed by atoms with Crippen molar-refractivity contribution in [3.63, 3.8) is 0 Å². The van der Waals surface area contributed by atoms with Gasteiger partial charge in [0.05, 0.1) is 10.6 Å². The molecular formula is C20H18F3NO2S. The molecule has 3 rings (SSSR count). The van der Waals surface area contributed by atoms with Gasteiger partial charge < -0.3 is 0 Å². The standard InChI is InChI=1S/C20H18F3NO2S/c1-13-4-3-5-15(12-13)19-17(10-11-18(24-19)20(21,22)23)14-6-8-16(9-7-14)27(2,25)26/h3-9,11-12,17H,10H2,1-2H3. The Morgan fingerprint density at radius 3 is 2.30 bits per heavy atom. The molecule has 1 atom stereocenters. The van der Waals surface area contributed by atoms with E-state index in [2.05, 4.69) is 4.99 Å². The molecule has 0 amide bonds. The number of hydrogen-bond acceptors (Lipinski definition) is 3. The number of aliphatic imine (C=N–C) groups is 1. The fourth-order valence-electron chi connectivity index (χ4n) is 3.08. The number of benzene rings is 2. The Bertz CT molecular complexity index is 1020. The van der Waals surface area contributed by atoms with Gasteiger partial charge in [-0.25, -0.2) is 13.4 Å². The van der Waals surface area contributed by atoms with Gasteiger partial charge in [-0.2, -0.15) is 13.2 Å². The molecule has 0 N–H and O–H groups in total. The maximum atomic E-state index is 13.2. The number of allylic oxidation sites excluding steroid dienone is 2. The van der Waals surface area contributed by atoms with Crippen LogP contribution in [0.25, 0.3) is 0 Å². The summed E-state index contributed by atoms with van der Waals surface area (Å²) in [5, 5.41) is 0. The molecule has 7 heteroatoms. The van der Waals surface area contributed by atoms with Crippen molar-refractivity contribution < 1.29 is 21.6 Å². The first-order valence-corrected chi connectivity index (χ1v) is 10.2. The molecule has 0 saturated carbocycles. The minimum Gasteiger partial charge on any atom is -0.247 e. The molecule has 1 unspecified atom stereocenters. The predicted octanol–water partition coefficient (Wildman–Crippen LogP) is 4.82. The van der Waals surface area contributed by atoms with E-state index in [0.29, 0.717) is 11.3 Å². The van der Waals surface area contributed by atoms with E-state index < -0.39 is 21.7 Å². The highest BCUT2D eigenvalue weighted by atomic mass is 32.2. The van der Waals surface area contributed by atoms with Gasteiger partial charge in [-0.15, -0.1) is 0 Å². The normalized spacial score (nSPS) is 18.0. The highest BCUT2D eigenvalue weighted by molar-refractivity contribution is 7.90. The van der Waals surface area contributed by atoms with Crippen LogP contribution in [0.3, 0.4) is 0 Å².